The van der Waals surface area contributed by atoms with Gasteiger partial charge in [0.15, 0.2) is 0 Å². The first-order valence-electron chi connectivity index (χ1n) is 9.75. The van der Waals surface area contributed by atoms with E-state index in [1.165, 1.54) is 21.3 Å². The first-order valence-corrected chi connectivity index (χ1v) is 11.9. The summed E-state index contributed by atoms with van der Waals surface area (Å²) in [6.07, 6.45) is 3.89. The number of hydrogen-bond acceptors (Lipinski definition) is 5. The predicted molar refractivity (Wildman–Crippen MR) is 109 cm³/mol. The van der Waals surface area contributed by atoms with Crippen LogP contribution in [-0.2, 0) is 19.6 Å². The third-order valence-electron chi connectivity index (χ3n) is 6.23. The topological polar surface area (TPSA) is 78.0 Å². The fourth-order valence-electron chi connectivity index (χ4n) is 4.57. The number of carbonyl (C=O) groups excluding carboxylic acids is 2. The molecule has 1 spiro atoms. The normalized spacial score (nSPS) is 23.4. The van der Waals surface area contributed by atoms with Gasteiger partial charge in [-0.1, -0.05) is 36.0 Å². The highest BCUT2D eigenvalue weighted by atomic mass is 35.5. The summed E-state index contributed by atoms with van der Waals surface area (Å²) < 4.78 is 27.2. The second-order valence-corrected chi connectivity index (χ2v) is 10.8. The van der Waals surface area contributed by atoms with Crippen molar-refractivity contribution in [3.63, 3.8) is 0 Å². The van der Waals surface area contributed by atoms with Crippen molar-refractivity contribution in [2.45, 2.75) is 37.0 Å². The van der Waals surface area contributed by atoms with E-state index in [1.807, 2.05) is 4.90 Å². The van der Waals surface area contributed by atoms with Crippen molar-refractivity contribution in [1.82, 2.24) is 14.1 Å². The molecule has 4 rings (SSSR count). The second-order valence-electron chi connectivity index (χ2n) is 8.03. The van der Waals surface area contributed by atoms with Crippen LogP contribution in [0.5, 0.6) is 0 Å². The summed E-state index contributed by atoms with van der Waals surface area (Å²) in [5.41, 5.74) is -0.481. The maximum Gasteiger partial charge on any atom is 0.244 e. The van der Waals surface area contributed by atoms with E-state index in [9.17, 15) is 18.0 Å². The fraction of sp³-hybridized carbons (Fsp3) is 0.579. The number of piperazine rings is 1. The molecule has 7 nitrogen and oxygen atoms in total. The Kier molecular flexibility index (Phi) is 5.67. The average molecular weight is 460 g/mol. The molecule has 0 atom stereocenters. The number of hydrogen-bond donors (Lipinski definition) is 0. The van der Waals surface area contributed by atoms with Crippen molar-refractivity contribution in [3.05, 3.63) is 28.2 Å². The molecule has 0 aromatic heterocycles. The third kappa shape index (κ3) is 3.81. The van der Waals surface area contributed by atoms with E-state index in [2.05, 4.69) is 0 Å². The highest BCUT2D eigenvalue weighted by Gasteiger charge is 2.52. The number of sulfonamides is 1. The molecule has 2 saturated heterocycles. The number of imide groups is 1. The Morgan fingerprint density at radius 3 is 2.31 bits per heavy atom. The van der Waals surface area contributed by atoms with Crippen molar-refractivity contribution in [2.75, 3.05) is 32.8 Å². The van der Waals surface area contributed by atoms with Gasteiger partial charge in [-0.05, 0) is 31.0 Å². The maximum atomic E-state index is 12.9. The van der Waals surface area contributed by atoms with Crippen LogP contribution in [0.2, 0.25) is 10.0 Å². The van der Waals surface area contributed by atoms with Gasteiger partial charge in [0.25, 0.3) is 0 Å². The fourth-order valence-corrected chi connectivity index (χ4v) is 6.73. The molecule has 10 heteroatoms. The summed E-state index contributed by atoms with van der Waals surface area (Å²) in [5, 5.41) is 0.436. The third-order valence-corrected chi connectivity index (χ3v) is 8.85. The van der Waals surface area contributed by atoms with Crippen LogP contribution in [0, 0.1) is 5.41 Å². The Bertz CT molecular complexity index is 939. The van der Waals surface area contributed by atoms with Gasteiger partial charge in [-0.25, -0.2) is 8.42 Å². The van der Waals surface area contributed by atoms with E-state index >= 15 is 0 Å². The molecule has 158 valence electrons. The first kappa shape index (κ1) is 21.1. The average Bonchev–Trinajstić information content (AvgIpc) is 3.25. The largest absolute Gasteiger partial charge is 0.283 e. The molecule has 0 unspecified atom stereocenters. The lowest BCUT2D eigenvalue weighted by molar-refractivity contribution is -0.144. The Morgan fingerprint density at radius 1 is 1.00 bits per heavy atom. The summed E-state index contributed by atoms with van der Waals surface area (Å²) in [6.45, 7) is 1.60. The molecule has 0 N–H and O–H groups in total. The van der Waals surface area contributed by atoms with Crippen LogP contribution in [0.4, 0.5) is 0 Å². The minimum absolute atomic E-state index is 0.00631. The zero-order chi connectivity index (χ0) is 20.8. The monoisotopic (exact) mass is 459 g/mol. The number of nitrogens with zero attached hydrogens (tertiary/aromatic N) is 3. The minimum Gasteiger partial charge on any atom is -0.283 e. The van der Waals surface area contributed by atoms with E-state index in [0.29, 0.717) is 24.5 Å². The number of carbonyl (C=O) groups is 2. The summed E-state index contributed by atoms with van der Waals surface area (Å²) in [7, 11) is -3.76. The zero-order valence-corrected chi connectivity index (χ0v) is 18.3. The quantitative estimate of drug-likeness (QED) is 0.646. The van der Waals surface area contributed by atoms with Crippen molar-refractivity contribution >= 4 is 45.0 Å². The van der Waals surface area contributed by atoms with Gasteiger partial charge in [0, 0.05) is 37.6 Å². The lowest BCUT2D eigenvalue weighted by Crippen LogP contribution is -2.52. The Morgan fingerprint density at radius 2 is 1.66 bits per heavy atom. The van der Waals surface area contributed by atoms with Crippen LogP contribution >= 0.6 is 23.2 Å². The van der Waals surface area contributed by atoms with E-state index in [0.717, 1.165) is 25.7 Å². The smallest absolute Gasteiger partial charge is 0.244 e. The summed E-state index contributed by atoms with van der Waals surface area (Å²) in [5.74, 6) is -0.168. The Hall–Kier alpha value is -1.19. The molecule has 1 aromatic carbocycles. The number of likely N-dealkylation sites (tertiary alicyclic amines) is 1. The second kappa shape index (κ2) is 7.81. The van der Waals surface area contributed by atoms with Gasteiger partial charge in [0.1, 0.15) is 4.90 Å². The molecule has 1 saturated carbocycles. The van der Waals surface area contributed by atoms with Crippen molar-refractivity contribution < 1.29 is 18.0 Å². The molecule has 3 fully saturated rings. The number of benzene rings is 1. The predicted octanol–water partition coefficient (Wildman–Crippen LogP) is 2.58. The molecule has 2 heterocycles. The van der Waals surface area contributed by atoms with E-state index in [4.69, 9.17) is 23.2 Å². The molecule has 2 aliphatic heterocycles. The molecular weight excluding hydrogens is 437 g/mol. The van der Waals surface area contributed by atoms with E-state index in [1.54, 1.807) is 6.07 Å². The van der Waals surface area contributed by atoms with Crippen LogP contribution in [0.15, 0.2) is 23.1 Å². The molecule has 2 amide bonds. The van der Waals surface area contributed by atoms with Gasteiger partial charge in [0.05, 0.1) is 17.1 Å². The van der Waals surface area contributed by atoms with Crippen molar-refractivity contribution in [1.29, 1.82) is 0 Å². The zero-order valence-electron chi connectivity index (χ0n) is 15.9. The summed E-state index contributed by atoms with van der Waals surface area (Å²) in [4.78, 5) is 28.6. The Labute approximate surface area is 180 Å². The van der Waals surface area contributed by atoms with Gasteiger partial charge in [-0.2, -0.15) is 4.31 Å². The van der Waals surface area contributed by atoms with Gasteiger partial charge >= 0.3 is 0 Å². The molecule has 29 heavy (non-hydrogen) atoms. The summed E-state index contributed by atoms with van der Waals surface area (Å²) in [6, 6.07) is 4.37. The van der Waals surface area contributed by atoms with E-state index in [-0.39, 0.29) is 41.5 Å². The minimum atomic E-state index is -3.76. The Balaban J connectivity index is 1.40. The highest BCUT2D eigenvalue weighted by Crippen LogP contribution is 2.46. The number of amides is 2. The van der Waals surface area contributed by atoms with Crippen LogP contribution in [0.1, 0.15) is 32.1 Å². The van der Waals surface area contributed by atoms with Gasteiger partial charge < -0.3 is 0 Å². The maximum absolute atomic E-state index is 12.9. The highest BCUT2D eigenvalue weighted by molar-refractivity contribution is 7.89. The van der Waals surface area contributed by atoms with Gasteiger partial charge in [0.2, 0.25) is 21.8 Å². The van der Waals surface area contributed by atoms with Crippen LogP contribution in [0.3, 0.4) is 0 Å². The van der Waals surface area contributed by atoms with Crippen molar-refractivity contribution in [2.24, 2.45) is 5.41 Å². The molecule has 0 radical (unpaired) electrons. The van der Waals surface area contributed by atoms with E-state index < -0.39 is 15.4 Å². The van der Waals surface area contributed by atoms with Crippen LogP contribution in [0.25, 0.3) is 0 Å². The SMILES string of the molecule is O=C1CC2(CCCC2)C(=O)N1CN1CCN(S(=O)(=O)c2cc(Cl)ccc2Cl)CC1. The molecule has 0 bridgehead atoms. The number of rotatable bonds is 4. The van der Waals surface area contributed by atoms with Gasteiger partial charge in [-0.3, -0.25) is 19.4 Å². The lowest BCUT2D eigenvalue weighted by atomic mass is 9.85. The van der Waals surface area contributed by atoms with Crippen LogP contribution < -0.4 is 0 Å². The molecule has 1 aromatic rings. The molecular formula is C19H23Cl2N3O4S. The van der Waals surface area contributed by atoms with Gasteiger partial charge in [-0.15, -0.1) is 0 Å². The standard InChI is InChI=1S/C19H23Cl2N3O4S/c20-14-3-4-15(21)16(11-14)29(27,28)23-9-7-22(8-10-23)13-24-17(25)12-19(18(24)26)5-1-2-6-19/h3-4,11H,1-2,5-10,12-13H2. The van der Waals surface area contributed by atoms with Crippen molar-refractivity contribution in [3.8, 4) is 0 Å². The first-order chi connectivity index (χ1) is 13.7. The molecule has 1 aliphatic carbocycles. The van der Waals surface area contributed by atoms with Crippen LogP contribution in [-0.4, -0.2) is 67.2 Å². The lowest BCUT2D eigenvalue weighted by Gasteiger charge is -2.35. The number of halogens is 2. The molecule has 3 aliphatic rings. The summed E-state index contributed by atoms with van der Waals surface area (Å²) >= 11 is 12.0.